The second-order valence-corrected chi connectivity index (χ2v) is 5.28. The second kappa shape index (κ2) is 17.4. The molecule has 1 radical (unpaired) electrons. The molecule has 0 aliphatic rings. The van der Waals surface area contributed by atoms with Gasteiger partial charge in [0.25, 0.3) is 0 Å². The van der Waals surface area contributed by atoms with Gasteiger partial charge in [0.05, 0.1) is 0 Å². The minimum Gasteiger partial charge on any atom is -0.439 e. The highest BCUT2D eigenvalue weighted by Gasteiger charge is 1.91. The first-order valence-corrected chi connectivity index (χ1v) is 8.37. The number of rotatable bonds is 13. The van der Waals surface area contributed by atoms with Gasteiger partial charge in [0, 0.05) is 6.42 Å². The van der Waals surface area contributed by atoms with Gasteiger partial charge in [0.2, 0.25) is 0 Å². The lowest BCUT2D eigenvalue weighted by atomic mass is 10.1. The molecule has 1 nitrogen and oxygen atoms in total. The summed E-state index contributed by atoms with van der Waals surface area (Å²) in [6, 6.07) is 0. The van der Waals surface area contributed by atoms with Crippen LogP contribution in [0, 0.1) is 18.6 Å². The maximum Gasteiger partial charge on any atom is 0.148 e. The SMILES string of the molecule is CCC[CH]OC#CCCCCCCCCCCCC. The molecule has 0 saturated heterocycles. The molecule has 0 aromatic carbocycles. The number of ether oxygens (including phenoxy) is 1. The van der Waals surface area contributed by atoms with Crippen LogP contribution >= 0.6 is 0 Å². The topological polar surface area (TPSA) is 9.23 Å². The molecule has 0 aromatic heterocycles. The van der Waals surface area contributed by atoms with Crippen molar-refractivity contribution in [2.75, 3.05) is 0 Å². The van der Waals surface area contributed by atoms with Crippen LogP contribution in [0.1, 0.15) is 97.3 Å². The maximum absolute atomic E-state index is 5.08. The Labute approximate surface area is 121 Å². The molecule has 0 N–H and O–H groups in total. The van der Waals surface area contributed by atoms with Crippen molar-refractivity contribution >= 4 is 0 Å². The summed E-state index contributed by atoms with van der Waals surface area (Å²) < 4.78 is 5.08. The standard InChI is InChI=1S/C18H33O/c1-3-5-7-8-9-10-11-12-13-14-15-16-18-19-17-6-4-2/h17H,3-15H2,1-2H3. The van der Waals surface area contributed by atoms with Crippen molar-refractivity contribution in [1.29, 1.82) is 0 Å². The first-order valence-electron chi connectivity index (χ1n) is 8.37. The van der Waals surface area contributed by atoms with Crippen LogP contribution in [0.2, 0.25) is 0 Å². The molecule has 111 valence electrons. The van der Waals surface area contributed by atoms with Crippen molar-refractivity contribution in [3.63, 3.8) is 0 Å². The van der Waals surface area contributed by atoms with E-state index in [0.717, 1.165) is 19.3 Å². The first kappa shape index (κ1) is 18.4. The Morgan fingerprint density at radius 1 is 0.737 bits per heavy atom. The van der Waals surface area contributed by atoms with Gasteiger partial charge in [0.15, 0.2) is 0 Å². The van der Waals surface area contributed by atoms with E-state index in [9.17, 15) is 0 Å². The van der Waals surface area contributed by atoms with Gasteiger partial charge in [-0.25, -0.2) is 0 Å². The summed E-state index contributed by atoms with van der Waals surface area (Å²) in [5, 5.41) is 0. The van der Waals surface area contributed by atoms with E-state index in [4.69, 9.17) is 4.74 Å². The molecule has 0 spiro atoms. The lowest BCUT2D eigenvalue weighted by Gasteiger charge is -2.00. The van der Waals surface area contributed by atoms with E-state index in [0.29, 0.717) is 0 Å². The zero-order valence-electron chi connectivity index (χ0n) is 13.2. The number of unbranched alkanes of at least 4 members (excludes halogenated alkanes) is 11. The summed E-state index contributed by atoms with van der Waals surface area (Å²) in [4.78, 5) is 0. The van der Waals surface area contributed by atoms with Crippen LogP contribution in [-0.2, 0) is 4.74 Å². The third-order valence-corrected chi connectivity index (χ3v) is 3.28. The molecule has 0 rings (SSSR count). The minimum atomic E-state index is 0.983. The third-order valence-electron chi connectivity index (χ3n) is 3.28. The zero-order valence-corrected chi connectivity index (χ0v) is 13.2. The predicted molar refractivity (Wildman–Crippen MR) is 84.5 cm³/mol. The molecule has 0 saturated carbocycles. The Kier molecular flexibility index (Phi) is 16.8. The fraction of sp³-hybridized carbons (Fsp3) is 0.833. The molecule has 0 bridgehead atoms. The normalized spacial score (nSPS) is 10.0. The number of hydrogen-bond donors (Lipinski definition) is 0. The Balaban J connectivity index is 3.02. The van der Waals surface area contributed by atoms with Crippen molar-refractivity contribution in [2.24, 2.45) is 0 Å². The fourth-order valence-corrected chi connectivity index (χ4v) is 2.01. The van der Waals surface area contributed by atoms with Crippen LogP contribution in [0.15, 0.2) is 0 Å². The predicted octanol–water partition coefficient (Wildman–Crippen LogP) is 6.24. The second-order valence-electron chi connectivity index (χ2n) is 5.28. The van der Waals surface area contributed by atoms with Crippen LogP contribution in [-0.4, -0.2) is 0 Å². The van der Waals surface area contributed by atoms with Gasteiger partial charge in [-0.05, 0) is 12.8 Å². The first-order chi connectivity index (χ1) is 9.41. The average molecular weight is 265 g/mol. The summed E-state index contributed by atoms with van der Waals surface area (Å²) in [5.41, 5.74) is 0. The van der Waals surface area contributed by atoms with Crippen molar-refractivity contribution in [2.45, 2.75) is 97.3 Å². The van der Waals surface area contributed by atoms with Crippen molar-refractivity contribution in [1.82, 2.24) is 0 Å². The molecule has 0 unspecified atom stereocenters. The van der Waals surface area contributed by atoms with Gasteiger partial charge in [-0.3, -0.25) is 0 Å². The van der Waals surface area contributed by atoms with E-state index in [1.807, 2.05) is 0 Å². The van der Waals surface area contributed by atoms with E-state index in [2.05, 4.69) is 25.9 Å². The minimum absolute atomic E-state index is 0.983. The van der Waals surface area contributed by atoms with Crippen LogP contribution in [0.3, 0.4) is 0 Å². The van der Waals surface area contributed by atoms with Crippen LogP contribution in [0.25, 0.3) is 0 Å². The van der Waals surface area contributed by atoms with Crippen molar-refractivity contribution in [3.05, 3.63) is 6.61 Å². The smallest absolute Gasteiger partial charge is 0.148 e. The highest BCUT2D eigenvalue weighted by atomic mass is 16.5. The molecule has 0 aliphatic carbocycles. The monoisotopic (exact) mass is 265 g/mol. The van der Waals surface area contributed by atoms with Crippen LogP contribution < -0.4 is 0 Å². The summed E-state index contributed by atoms with van der Waals surface area (Å²) in [5.74, 6) is 3.07. The van der Waals surface area contributed by atoms with Gasteiger partial charge < -0.3 is 4.74 Å². The Bertz CT molecular complexity index is 211. The average Bonchev–Trinajstić information content (AvgIpc) is 2.43. The summed E-state index contributed by atoms with van der Waals surface area (Å²) in [7, 11) is 0. The molecule has 0 atom stereocenters. The summed E-state index contributed by atoms with van der Waals surface area (Å²) >= 11 is 0. The van der Waals surface area contributed by atoms with Crippen LogP contribution in [0.5, 0.6) is 0 Å². The van der Waals surface area contributed by atoms with E-state index in [1.54, 1.807) is 6.61 Å². The van der Waals surface area contributed by atoms with E-state index < -0.39 is 0 Å². The summed E-state index contributed by atoms with van der Waals surface area (Å²) in [6.07, 6.45) is 19.6. The van der Waals surface area contributed by atoms with Gasteiger partial charge in [-0.15, -0.1) is 0 Å². The van der Waals surface area contributed by atoms with E-state index in [-0.39, 0.29) is 0 Å². The van der Waals surface area contributed by atoms with Crippen molar-refractivity contribution in [3.8, 4) is 12.0 Å². The fourth-order valence-electron chi connectivity index (χ4n) is 2.01. The molecule has 19 heavy (non-hydrogen) atoms. The third kappa shape index (κ3) is 17.4. The van der Waals surface area contributed by atoms with Gasteiger partial charge in [0.1, 0.15) is 12.7 Å². The quantitative estimate of drug-likeness (QED) is 0.283. The molecule has 0 aromatic rings. The molecule has 0 fully saturated rings. The summed E-state index contributed by atoms with van der Waals surface area (Å²) in [6.45, 7) is 6.21. The lowest BCUT2D eigenvalue weighted by Crippen LogP contribution is -1.82. The molecule has 1 heteroatoms. The highest BCUT2D eigenvalue weighted by Crippen LogP contribution is 2.10. The highest BCUT2D eigenvalue weighted by molar-refractivity contribution is 4.91. The molecule has 0 heterocycles. The lowest BCUT2D eigenvalue weighted by molar-refractivity contribution is 0.350. The molecular formula is C18H33O. The van der Waals surface area contributed by atoms with Gasteiger partial charge in [-0.1, -0.05) is 84.0 Å². The molecule has 0 amide bonds. The largest absolute Gasteiger partial charge is 0.439 e. The van der Waals surface area contributed by atoms with Gasteiger partial charge >= 0.3 is 0 Å². The number of hydrogen-bond acceptors (Lipinski definition) is 1. The van der Waals surface area contributed by atoms with Crippen molar-refractivity contribution < 1.29 is 4.74 Å². The van der Waals surface area contributed by atoms with E-state index >= 15 is 0 Å². The van der Waals surface area contributed by atoms with E-state index in [1.165, 1.54) is 64.2 Å². The van der Waals surface area contributed by atoms with Crippen LogP contribution in [0.4, 0.5) is 0 Å². The molecule has 0 aliphatic heterocycles. The maximum atomic E-state index is 5.08. The Morgan fingerprint density at radius 2 is 1.32 bits per heavy atom. The Hall–Kier alpha value is -0.640. The Morgan fingerprint density at radius 3 is 1.89 bits per heavy atom. The molecular weight excluding hydrogens is 232 g/mol. The van der Waals surface area contributed by atoms with Gasteiger partial charge in [-0.2, -0.15) is 0 Å². The zero-order chi connectivity index (χ0) is 14.0.